The Morgan fingerprint density at radius 3 is 3.00 bits per heavy atom. The Kier molecular flexibility index (Phi) is 3.56. The molecule has 4 heteroatoms. The zero-order valence-electron chi connectivity index (χ0n) is 8.80. The molecular formula is C12H13ClFNO. The van der Waals surface area contributed by atoms with E-state index in [2.05, 4.69) is 5.32 Å². The fourth-order valence-corrected chi connectivity index (χ4v) is 2.12. The normalized spacial score (nSPS) is 20.0. The van der Waals surface area contributed by atoms with E-state index in [4.69, 9.17) is 11.6 Å². The van der Waals surface area contributed by atoms with Gasteiger partial charge in [-0.3, -0.25) is 4.79 Å². The summed E-state index contributed by atoms with van der Waals surface area (Å²) < 4.78 is 12.9. The van der Waals surface area contributed by atoms with Crippen LogP contribution in [-0.4, -0.2) is 18.4 Å². The molecule has 0 saturated carbocycles. The van der Waals surface area contributed by atoms with Crippen LogP contribution in [0.2, 0.25) is 5.02 Å². The van der Waals surface area contributed by atoms with Gasteiger partial charge in [0.05, 0.1) is 5.02 Å². The number of halogens is 2. The third kappa shape index (κ3) is 2.60. The summed E-state index contributed by atoms with van der Waals surface area (Å²) in [6.45, 7) is 0.974. The standard InChI is InChI=1S/C12H13ClFNO/c13-10-6-8(3-4-11(10)14)12(16)7-9-2-1-5-15-9/h3-4,6,9,15H,1-2,5,7H2. The van der Waals surface area contributed by atoms with Gasteiger partial charge in [-0.15, -0.1) is 0 Å². The molecule has 1 saturated heterocycles. The molecular weight excluding hydrogens is 229 g/mol. The topological polar surface area (TPSA) is 29.1 Å². The van der Waals surface area contributed by atoms with Crippen molar-refractivity contribution >= 4 is 17.4 Å². The highest BCUT2D eigenvalue weighted by molar-refractivity contribution is 6.31. The van der Waals surface area contributed by atoms with Crippen LogP contribution in [0.1, 0.15) is 29.6 Å². The molecule has 16 heavy (non-hydrogen) atoms. The van der Waals surface area contributed by atoms with Gasteiger partial charge >= 0.3 is 0 Å². The molecule has 0 amide bonds. The lowest BCUT2D eigenvalue weighted by molar-refractivity contribution is 0.0971. The maximum atomic E-state index is 12.9. The van der Waals surface area contributed by atoms with Gasteiger partial charge in [0.1, 0.15) is 5.82 Å². The Labute approximate surface area is 98.8 Å². The van der Waals surface area contributed by atoms with E-state index in [9.17, 15) is 9.18 Å². The minimum Gasteiger partial charge on any atom is -0.314 e. The molecule has 1 aliphatic rings. The van der Waals surface area contributed by atoms with Crippen LogP contribution >= 0.6 is 11.6 Å². The van der Waals surface area contributed by atoms with E-state index in [1.54, 1.807) is 0 Å². The van der Waals surface area contributed by atoms with Crippen molar-refractivity contribution < 1.29 is 9.18 Å². The van der Waals surface area contributed by atoms with Crippen LogP contribution < -0.4 is 5.32 Å². The van der Waals surface area contributed by atoms with Crippen molar-refractivity contribution in [2.75, 3.05) is 6.54 Å². The van der Waals surface area contributed by atoms with Crippen LogP contribution in [0.3, 0.4) is 0 Å². The number of Topliss-reactive ketones (excluding diaryl/α,β-unsaturated/α-hetero) is 1. The maximum absolute atomic E-state index is 12.9. The minimum absolute atomic E-state index is 0.00484. The number of hydrogen-bond acceptors (Lipinski definition) is 2. The van der Waals surface area contributed by atoms with Crippen LogP contribution in [0, 0.1) is 5.82 Å². The lowest BCUT2D eigenvalue weighted by Crippen LogP contribution is -2.24. The van der Waals surface area contributed by atoms with Crippen molar-refractivity contribution in [3.05, 3.63) is 34.6 Å². The molecule has 1 atom stereocenters. The zero-order valence-corrected chi connectivity index (χ0v) is 9.56. The maximum Gasteiger partial charge on any atom is 0.164 e. The highest BCUT2D eigenvalue weighted by Crippen LogP contribution is 2.19. The minimum atomic E-state index is -0.489. The number of carbonyl (C=O) groups excluding carboxylic acids is 1. The summed E-state index contributed by atoms with van der Waals surface area (Å²) in [5, 5.41) is 3.26. The fourth-order valence-electron chi connectivity index (χ4n) is 1.94. The van der Waals surface area contributed by atoms with Gasteiger partial charge in [-0.2, -0.15) is 0 Å². The van der Waals surface area contributed by atoms with E-state index in [1.807, 2.05) is 0 Å². The summed E-state index contributed by atoms with van der Waals surface area (Å²) in [6, 6.07) is 4.38. The first kappa shape index (κ1) is 11.6. The zero-order chi connectivity index (χ0) is 11.5. The molecule has 86 valence electrons. The molecule has 1 heterocycles. The van der Waals surface area contributed by atoms with Gasteiger partial charge in [0, 0.05) is 18.0 Å². The lowest BCUT2D eigenvalue weighted by Gasteiger charge is -2.09. The molecule has 0 aromatic heterocycles. The molecule has 0 bridgehead atoms. The Balaban J connectivity index is 2.05. The molecule has 1 aliphatic heterocycles. The van der Waals surface area contributed by atoms with Crippen molar-refractivity contribution in [1.82, 2.24) is 5.32 Å². The third-order valence-corrected chi connectivity index (χ3v) is 3.13. The van der Waals surface area contributed by atoms with E-state index in [-0.39, 0.29) is 16.8 Å². The van der Waals surface area contributed by atoms with Gasteiger partial charge in [-0.25, -0.2) is 4.39 Å². The summed E-state index contributed by atoms with van der Waals surface area (Å²) in [5.41, 5.74) is 0.486. The average molecular weight is 242 g/mol. The molecule has 2 nitrogen and oxygen atoms in total. The van der Waals surface area contributed by atoms with Crippen LogP contribution in [0.15, 0.2) is 18.2 Å². The largest absolute Gasteiger partial charge is 0.314 e. The number of hydrogen-bond donors (Lipinski definition) is 1. The van der Waals surface area contributed by atoms with Gasteiger partial charge in [0.2, 0.25) is 0 Å². The van der Waals surface area contributed by atoms with E-state index in [0.29, 0.717) is 12.0 Å². The SMILES string of the molecule is O=C(CC1CCCN1)c1ccc(F)c(Cl)c1. The molecule has 1 fully saturated rings. The summed E-state index contributed by atoms with van der Waals surface area (Å²) in [6.07, 6.45) is 2.60. The van der Waals surface area contributed by atoms with E-state index >= 15 is 0 Å². The monoisotopic (exact) mass is 241 g/mol. The molecule has 0 spiro atoms. The fraction of sp³-hybridized carbons (Fsp3) is 0.417. The summed E-state index contributed by atoms with van der Waals surface area (Å²) in [7, 11) is 0. The number of ketones is 1. The first-order valence-corrected chi connectivity index (χ1v) is 5.76. The summed E-state index contributed by atoms with van der Waals surface area (Å²) >= 11 is 5.63. The molecule has 1 unspecified atom stereocenters. The Morgan fingerprint density at radius 1 is 1.56 bits per heavy atom. The molecule has 1 aromatic rings. The second-order valence-electron chi connectivity index (χ2n) is 4.05. The molecule has 1 aromatic carbocycles. The van der Waals surface area contributed by atoms with Gasteiger partial charge in [0.15, 0.2) is 5.78 Å². The van der Waals surface area contributed by atoms with Crippen molar-refractivity contribution in [1.29, 1.82) is 0 Å². The number of carbonyl (C=O) groups is 1. The van der Waals surface area contributed by atoms with Gasteiger partial charge < -0.3 is 5.32 Å². The predicted molar refractivity (Wildman–Crippen MR) is 61.4 cm³/mol. The van der Waals surface area contributed by atoms with Crippen molar-refractivity contribution in [2.24, 2.45) is 0 Å². The van der Waals surface area contributed by atoms with E-state index in [0.717, 1.165) is 19.4 Å². The van der Waals surface area contributed by atoms with Crippen molar-refractivity contribution in [2.45, 2.75) is 25.3 Å². The number of nitrogens with one attached hydrogen (secondary N) is 1. The van der Waals surface area contributed by atoms with Gasteiger partial charge in [0.25, 0.3) is 0 Å². The molecule has 0 radical (unpaired) electrons. The predicted octanol–water partition coefficient (Wildman–Crippen LogP) is 2.80. The lowest BCUT2D eigenvalue weighted by atomic mass is 10.0. The third-order valence-electron chi connectivity index (χ3n) is 2.84. The number of benzene rings is 1. The number of rotatable bonds is 3. The Bertz CT molecular complexity index is 402. The van der Waals surface area contributed by atoms with E-state index in [1.165, 1.54) is 18.2 Å². The van der Waals surface area contributed by atoms with Crippen molar-refractivity contribution in [3.63, 3.8) is 0 Å². The summed E-state index contributed by atoms with van der Waals surface area (Å²) in [5.74, 6) is -0.474. The first-order valence-electron chi connectivity index (χ1n) is 5.38. The van der Waals surface area contributed by atoms with Crippen LogP contribution in [-0.2, 0) is 0 Å². The molecule has 2 rings (SSSR count). The Hall–Kier alpha value is -0.930. The highest BCUT2D eigenvalue weighted by Gasteiger charge is 2.19. The van der Waals surface area contributed by atoms with Crippen LogP contribution in [0.4, 0.5) is 4.39 Å². The first-order chi connectivity index (χ1) is 7.66. The van der Waals surface area contributed by atoms with Crippen LogP contribution in [0.5, 0.6) is 0 Å². The quantitative estimate of drug-likeness (QED) is 0.825. The van der Waals surface area contributed by atoms with Crippen molar-refractivity contribution in [3.8, 4) is 0 Å². The second kappa shape index (κ2) is 4.93. The highest BCUT2D eigenvalue weighted by atomic mass is 35.5. The molecule has 0 aliphatic carbocycles. The van der Waals surface area contributed by atoms with Gasteiger partial charge in [-0.1, -0.05) is 11.6 Å². The van der Waals surface area contributed by atoms with Gasteiger partial charge in [-0.05, 0) is 37.6 Å². The average Bonchev–Trinajstić information content (AvgIpc) is 2.74. The molecule has 1 N–H and O–H groups in total. The Morgan fingerprint density at radius 2 is 2.38 bits per heavy atom. The smallest absolute Gasteiger partial charge is 0.164 e. The summed E-state index contributed by atoms with van der Waals surface area (Å²) in [4.78, 5) is 11.8. The van der Waals surface area contributed by atoms with Crippen LogP contribution in [0.25, 0.3) is 0 Å². The van der Waals surface area contributed by atoms with E-state index < -0.39 is 5.82 Å². The second-order valence-corrected chi connectivity index (χ2v) is 4.46.